The van der Waals surface area contributed by atoms with Gasteiger partial charge in [-0.1, -0.05) is 54.6 Å². The lowest BCUT2D eigenvalue weighted by Crippen LogP contribution is -2.19. The molecular formula is C17H21NOS. The summed E-state index contributed by atoms with van der Waals surface area (Å²) in [6.45, 7) is 0.244. The minimum Gasteiger partial charge on any atom is -0.396 e. The van der Waals surface area contributed by atoms with Crippen molar-refractivity contribution in [1.29, 1.82) is 0 Å². The van der Waals surface area contributed by atoms with E-state index in [4.69, 9.17) is 5.11 Å². The van der Waals surface area contributed by atoms with Gasteiger partial charge in [0.25, 0.3) is 0 Å². The first-order valence-corrected chi connectivity index (χ1v) is 8.02. The Morgan fingerprint density at radius 1 is 1.00 bits per heavy atom. The van der Waals surface area contributed by atoms with Crippen LogP contribution in [0, 0.1) is 0 Å². The summed E-state index contributed by atoms with van der Waals surface area (Å²) in [5, 5.41) is 12.2. The van der Waals surface area contributed by atoms with Crippen molar-refractivity contribution in [1.82, 2.24) is 5.32 Å². The fourth-order valence-electron chi connectivity index (χ4n) is 2.15. The molecule has 1 unspecified atom stereocenters. The predicted octanol–water partition coefficient (Wildman–Crippen LogP) is 3.34. The molecule has 3 heteroatoms. The van der Waals surface area contributed by atoms with Gasteiger partial charge in [-0.05, 0) is 23.7 Å². The van der Waals surface area contributed by atoms with Crippen molar-refractivity contribution in [3.8, 4) is 11.1 Å². The molecule has 106 valence electrons. The highest BCUT2D eigenvalue weighted by Gasteiger charge is 2.09. The quantitative estimate of drug-likeness (QED) is 0.766. The van der Waals surface area contributed by atoms with Gasteiger partial charge in [0, 0.05) is 17.5 Å². The van der Waals surface area contributed by atoms with E-state index in [1.54, 1.807) is 11.8 Å². The Hall–Kier alpha value is -1.29. The summed E-state index contributed by atoms with van der Waals surface area (Å²) in [5.74, 6) is 1.77. The van der Waals surface area contributed by atoms with E-state index in [2.05, 4.69) is 53.8 Å². The molecule has 0 aliphatic carbocycles. The largest absolute Gasteiger partial charge is 0.396 e. The monoisotopic (exact) mass is 287 g/mol. The highest BCUT2D eigenvalue weighted by atomic mass is 32.2. The third-order valence-corrected chi connectivity index (χ3v) is 4.33. The Bertz CT molecular complexity index is 498. The fraction of sp³-hybridized carbons (Fsp3) is 0.294. The molecule has 1 atom stereocenters. The maximum absolute atomic E-state index is 8.84. The van der Waals surface area contributed by atoms with Crippen LogP contribution in [0.15, 0.2) is 54.6 Å². The average molecular weight is 287 g/mol. The summed E-state index contributed by atoms with van der Waals surface area (Å²) >= 11 is 1.77. The molecule has 2 aromatic carbocycles. The number of aliphatic hydroxyl groups excluding tert-OH is 1. The van der Waals surface area contributed by atoms with Crippen LogP contribution in [0.5, 0.6) is 0 Å². The molecule has 0 aliphatic rings. The van der Waals surface area contributed by atoms with Gasteiger partial charge in [-0.15, -0.1) is 0 Å². The van der Waals surface area contributed by atoms with Gasteiger partial charge in [0.05, 0.1) is 6.61 Å². The summed E-state index contributed by atoms with van der Waals surface area (Å²) in [4.78, 5) is 0. The van der Waals surface area contributed by atoms with Crippen LogP contribution in [0.4, 0.5) is 0 Å². The Labute approximate surface area is 125 Å². The minimum absolute atomic E-state index is 0.244. The zero-order chi connectivity index (χ0) is 14.2. The topological polar surface area (TPSA) is 32.3 Å². The van der Waals surface area contributed by atoms with Crippen LogP contribution in [-0.4, -0.2) is 30.3 Å². The number of thioether (sulfide) groups is 1. The molecule has 0 radical (unpaired) electrons. The lowest BCUT2D eigenvalue weighted by molar-refractivity contribution is 0.322. The third kappa shape index (κ3) is 4.10. The van der Waals surface area contributed by atoms with Gasteiger partial charge in [-0.25, -0.2) is 0 Å². The number of nitrogens with one attached hydrogen (secondary N) is 1. The van der Waals surface area contributed by atoms with Crippen LogP contribution in [0.3, 0.4) is 0 Å². The molecule has 2 rings (SSSR count). The molecule has 0 saturated heterocycles. The molecular weight excluding hydrogens is 266 g/mol. The van der Waals surface area contributed by atoms with E-state index in [9.17, 15) is 0 Å². The average Bonchev–Trinajstić information content (AvgIpc) is 2.53. The zero-order valence-corrected chi connectivity index (χ0v) is 12.6. The Morgan fingerprint density at radius 2 is 1.65 bits per heavy atom. The molecule has 0 spiro atoms. The number of hydrogen-bond donors (Lipinski definition) is 2. The molecule has 0 heterocycles. The van der Waals surface area contributed by atoms with Crippen molar-refractivity contribution in [3.05, 3.63) is 60.2 Å². The second-order valence-corrected chi connectivity index (χ2v) is 5.78. The summed E-state index contributed by atoms with van der Waals surface area (Å²) in [7, 11) is 1.98. The molecule has 0 aliphatic heterocycles. The van der Waals surface area contributed by atoms with E-state index >= 15 is 0 Å². The van der Waals surface area contributed by atoms with Crippen LogP contribution in [-0.2, 0) is 0 Å². The number of hydrogen-bond acceptors (Lipinski definition) is 3. The van der Waals surface area contributed by atoms with Gasteiger partial charge in [0.1, 0.15) is 0 Å². The van der Waals surface area contributed by atoms with Crippen LogP contribution >= 0.6 is 11.8 Å². The van der Waals surface area contributed by atoms with E-state index in [1.807, 2.05) is 13.1 Å². The molecule has 2 nitrogen and oxygen atoms in total. The first-order valence-electron chi connectivity index (χ1n) is 6.86. The lowest BCUT2D eigenvalue weighted by atomic mass is 10.0. The summed E-state index contributed by atoms with van der Waals surface area (Å²) in [6.07, 6.45) is 0. The highest BCUT2D eigenvalue weighted by Crippen LogP contribution is 2.23. The van der Waals surface area contributed by atoms with E-state index < -0.39 is 0 Å². The van der Waals surface area contributed by atoms with Gasteiger partial charge in [0.2, 0.25) is 0 Å². The van der Waals surface area contributed by atoms with E-state index in [0.717, 1.165) is 11.5 Å². The van der Waals surface area contributed by atoms with Crippen molar-refractivity contribution >= 4 is 11.8 Å². The van der Waals surface area contributed by atoms with Crippen LogP contribution in [0.2, 0.25) is 0 Å². The predicted molar refractivity (Wildman–Crippen MR) is 88.1 cm³/mol. The Balaban J connectivity index is 2.06. The fourth-order valence-corrected chi connectivity index (χ4v) is 3.04. The first kappa shape index (κ1) is 15.1. The van der Waals surface area contributed by atoms with Crippen molar-refractivity contribution in [2.45, 2.75) is 6.04 Å². The maximum atomic E-state index is 8.84. The second-order valence-electron chi connectivity index (χ2n) is 4.63. The van der Waals surface area contributed by atoms with Crippen LogP contribution in [0.25, 0.3) is 11.1 Å². The summed E-state index contributed by atoms with van der Waals surface area (Å²) < 4.78 is 0. The maximum Gasteiger partial charge on any atom is 0.0521 e. The van der Waals surface area contributed by atoms with Crippen LogP contribution in [0.1, 0.15) is 11.6 Å². The van der Waals surface area contributed by atoms with Crippen molar-refractivity contribution < 1.29 is 5.11 Å². The van der Waals surface area contributed by atoms with Gasteiger partial charge in [0.15, 0.2) is 0 Å². The number of aliphatic hydroxyl groups is 1. The molecule has 0 saturated carbocycles. The molecule has 20 heavy (non-hydrogen) atoms. The van der Waals surface area contributed by atoms with E-state index in [1.165, 1.54) is 16.7 Å². The zero-order valence-electron chi connectivity index (χ0n) is 11.8. The van der Waals surface area contributed by atoms with Crippen molar-refractivity contribution in [2.24, 2.45) is 0 Å². The standard InChI is InChI=1S/C17H21NOS/c1-18-17(13-20-12-11-19)16-9-7-15(8-10-16)14-5-3-2-4-6-14/h2-10,17-19H,11-13H2,1H3. The van der Waals surface area contributed by atoms with E-state index in [0.29, 0.717) is 6.04 Å². The van der Waals surface area contributed by atoms with Crippen molar-refractivity contribution in [2.75, 3.05) is 25.2 Å². The van der Waals surface area contributed by atoms with Gasteiger partial charge < -0.3 is 10.4 Å². The lowest BCUT2D eigenvalue weighted by Gasteiger charge is -2.16. The smallest absolute Gasteiger partial charge is 0.0521 e. The Kier molecular flexibility index (Phi) is 6.12. The normalized spacial score (nSPS) is 12.3. The minimum atomic E-state index is 0.244. The SMILES string of the molecule is CNC(CSCCO)c1ccc(-c2ccccc2)cc1. The van der Waals surface area contributed by atoms with Crippen LogP contribution < -0.4 is 5.32 Å². The van der Waals surface area contributed by atoms with E-state index in [-0.39, 0.29) is 6.61 Å². The number of benzene rings is 2. The molecule has 2 aromatic rings. The third-order valence-electron chi connectivity index (χ3n) is 3.29. The molecule has 2 N–H and O–H groups in total. The summed E-state index contributed by atoms with van der Waals surface area (Å²) in [5.41, 5.74) is 3.78. The molecule has 0 amide bonds. The van der Waals surface area contributed by atoms with Gasteiger partial charge >= 0.3 is 0 Å². The second kappa shape index (κ2) is 8.10. The van der Waals surface area contributed by atoms with Gasteiger partial charge in [-0.3, -0.25) is 0 Å². The van der Waals surface area contributed by atoms with Crippen molar-refractivity contribution in [3.63, 3.8) is 0 Å². The summed E-state index contributed by atoms with van der Waals surface area (Å²) in [6, 6.07) is 19.5. The molecule has 0 fully saturated rings. The van der Waals surface area contributed by atoms with Gasteiger partial charge in [-0.2, -0.15) is 11.8 Å². The molecule has 0 aromatic heterocycles. The molecule has 0 bridgehead atoms. The first-order chi connectivity index (χ1) is 9.85. The highest BCUT2D eigenvalue weighted by molar-refractivity contribution is 7.99. The number of rotatable bonds is 7. The Morgan fingerprint density at radius 3 is 2.25 bits per heavy atom.